The maximum Gasteiger partial charge on any atom is 0.571 e. The molecule has 3 aliphatic heterocycles. The van der Waals surface area contributed by atoms with Gasteiger partial charge in [0.25, 0.3) is 0 Å². The molecule has 0 aromatic heterocycles. The van der Waals surface area contributed by atoms with Gasteiger partial charge in [-0.2, -0.15) is 8.78 Å². The van der Waals surface area contributed by atoms with E-state index in [0.717, 1.165) is 12.8 Å². The van der Waals surface area contributed by atoms with Crippen LogP contribution in [0.5, 0.6) is 5.75 Å². The van der Waals surface area contributed by atoms with Crippen LogP contribution in [0.3, 0.4) is 0 Å². The molecule has 4 nitrogen and oxygen atoms in total. The van der Waals surface area contributed by atoms with Crippen molar-refractivity contribution >= 4 is 12.4 Å². The number of nitrogens with zero attached hydrogens (tertiary/aromatic N) is 1. The largest absolute Gasteiger partial charge is 0.658 e. The highest BCUT2D eigenvalue weighted by atomic mass is 19.3. The summed E-state index contributed by atoms with van der Waals surface area (Å²) in [6.07, 6.45) is 1.51. The van der Waals surface area contributed by atoms with Gasteiger partial charge in [-0.15, -0.1) is 0 Å². The molecule has 2 saturated heterocycles. The van der Waals surface area contributed by atoms with E-state index in [4.69, 9.17) is 14.0 Å². The molecule has 0 atom stereocenters. The summed E-state index contributed by atoms with van der Waals surface area (Å²) in [4.78, 5) is 0. The van der Waals surface area contributed by atoms with E-state index in [9.17, 15) is 0 Å². The number of quaternary nitrogens is 1. The summed E-state index contributed by atoms with van der Waals surface area (Å²) in [7, 11) is 0. The van der Waals surface area contributed by atoms with Gasteiger partial charge in [-0.3, -0.25) is 4.48 Å². The first-order valence-corrected chi connectivity index (χ1v) is 8.64. The fraction of sp³-hybridized carbons (Fsp3) is 0.647. The molecule has 132 valence electrons. The molecule has 2 fully saturated rings. The minimum atomic E-state index is -3.28. The SMILES string of the molecule is CC1(C)O[B-]2(Oc3ccccc3[N+]3(CCCC3)C2(F)F)OC1(C)C. The van der Waals surface area contributed by atoms with Gasteiger partial charge >= 0.3 is 12.7 Å². The van der Waals surface area contributed by atoms with Crippen molar-refractivity contribution < 1.29 is 22.7 Å². The molecular weight excluding hydrogens is 315 g/mol. The number of rotatable bonds is 0. The molecule has 0 unspecified atom stereocenters. The summed E-state index contributed by atoms with van der Waals surface area (Å²) in [6.45, 7) is 4.59. The Hall–Kier alpha value is -1.18. The molecule has 0 N–H and O–H groups in total. The zero-order valence-electron chi connectivity index (χ0n) is 14.6. The van der Waals surface area contributed by atoms with Crippen molar-refractivity contribution in [2.24, 2.45) is 0 Å². The molecule has 3 aliphatic rings. The van der Waals surface area contributed by atoms with Crippen molar-refractivity contribution in [1.29, 1.82) is 0 Å². The van der Waals surface area contributed by atoms with Crippen LogP contribution in [0.25, 0.3) is 0 Å². The van der Waals surface area contributed by atoms with Gasteiger partial charge < -0.3 is 14.0 Å². The molecule has 7 heteroatoms. The standard InChI is InChI=1S/C17H24BF2NO3/c1-15(2)16(3,4)24-18(23-15)17(19,20)21(11-7-8-12-21)13-9-5-6-10-14(13)22-18/h5-6,9-10H,7-8,11-12H2,1-4H3. The summed E-state index contributed by atoms with van der Waals surface area (Å²) in [5.41, 5.74) is -1.24. The number of alkyl halides is 2. The minimum Gasteiger partial charge on any atom is -0.658 e. The lowest BCUT2D eigenvalue weighted by molar-refractivity contribution is -0.123. The van der Waals surface area contributed by atoms with E-state index in [2.05, 4.69) is 0 Å². The van der Waals surface area contributed by atoms with Gasteiger partial charge in [-0.25, -0.2) is 0 Å². The molecule has 0 saturated carbocycles. The molecule has 0 bridgehead atoms. The van der Waals surface area contributed by atoms with E-state index in [1.807, 2.05) is 0 Å². The Balaban J connectivity index is 1.93. The van der Waals surface area contributed by atoms with Crippen LogP contribution in [-0.2, 0) is 9.31 Å². The van der Waals surface area contributed by atoms with E-state index in [-0.39, 0.29) is 0 Å². The molecule has 3 heterocycles. The van der Waals surface area contributed by atoms with Gasteiger partial charge in [0.15, 0.2) is 5.69 Å². The number of hydrogen-bond acceptors (Lipinski definition) is 3. The van der Waals surface area contributed by atoms with Crippen molar-refractivity contribution in [1.82, 2.24) is 4.48 Å². The molecule has 0 amide bonds. The second-order valence-electron chi connectivity index (χ2n) is 8.19. The van der Waals surface area contributed by atoms with Crippen LogP contribution in [0, 0.1) is 0 Å². The maximum atomic E-state index is 15.9. The van der Waals surface area contributed by atoms with Crippen molar-refractivity contribution in [3.8, 4) is 5.75 Å². The number of fused-ring (bicyclic) bond motifs is 2. The Morgan fingerprint density at radius 3 is 2.08 bits per heavy atom. The van der Waals surface area contributed by atoms with Gasteiger partial charge in [-0.1, -0.05) is 12.1 Å². The van der Waals surface area contributed by atoms with Crippen LogP contribution in [0.2, 0.25) is 0 Å². The molecule has 1 aromatic rings. The molecule has 0 aliphatic carbocycles. The van der Waals surface area contributed by atoms with Crippen LogP contribution >= 0.6 is 0 Å². The molecule has 24 heavy (non-hydrogen) atoms. The van der Waals surface area contributed by atoms with Gasteiger partial charge in [0.05, 0.1) is 13.1 Å². The first-order valence-electron chi connectivity index (χ1n) is 8.64. The van der Waals surface area contributed by atoms with Crippen molar-refractivity contribution in [3.63, 3.8) is 0 Å². The maximum absolute atomic E-state index is 15.9. The molecule has 0 radical (unpaired) electrons. The lowest BCUT2D eigenvalue weighted by Crippen LogP contribution is -2.78. The third-order valence-electron chi connectivity index (χ3n) is 6.28. The molecule has 1 aromatic carbocycles. The lowest BCUT2D eigenvalue weighted by Gasteiger charge is -2.55. The average molecular weight is 339 g/mol. The van der Waals surface area contributed by atoms with Gasteiger partial charge in [0.2, 0.25) is 0 Å². The first-order chi connectivity index (χ1) is 11.1. The fourth-order valence-electron chi connectivity index (χ4n) is 4.30. The Labute approximate surface area is 141 Å². The molecular formula is C17H24BF2NO3. The van der Waals surface area contributed by atoms with Crippen LogP contribution < -0.4 is 9.14 Å². The first kappa shape index (κ1) is 16.3. The van der Waals surface area contributed by atoms with Gasteiger partial charge in [0, 0.05) is 30.1 Å². The number of benzene rings is 1. The highest BCUT2D eigenvalue weighted by Crippen LogP contribution is 2.58. The smallest absolute Gasteiger partial charge is 0.571 e. The number of halogens is 2. The summed E-state index contributed by atoms with van der Waals surface area (Å²) in [5, 5.41) is 0. The van der Waals surface area contributed by atoms with E-state index < -0.39 is 28.4 Å². The highest BCUT2D eigenvalue weighted by molar-refractivity contribution is 6.65. The Morgan fingerprint density at radius 2 is 1.50 bits per heavy atom. The van der Waals surface area contributed by atoms with Crippen molar-refractivity contribution in [3.05, 3.63) is 24.3 Å². The van der Waals surface area contributed by atoms with E-state index in [1.165, 1.54) is 0 Å². The van der Waals surface area contributed by atoms with Crippen molar-refractivity contribution in [2.75, 3.05) is 13.1 Å². The molecule has 4 rings (SSSR count). The van der Waals surface area contributed by atoms with E-state index in [0.29, 0.717) is 24.5 Å². The Kier molecular flexibility index (Phi) is 3.06. The van der Waals surface area contributed by atoms with Crippen LogP contribution in [-0.4, -0.2) is 37.0 Å². The summed E-state index contributed by atoms with van der Waals surface area (Å²) in [5.74, 6) is -2.84. The van der Waals surface area contributed by atoms with Crippen LogP contribution in [0.15, 0.2) is 24.3 Å². The van der Waals surface area contributed by atoms with Crippen LogP contribution in [0.4, 0.5) is 14.5 Å². The lowest BCUT2D eigenvalue weighted by atomic mass is 9.70. The quantitative estimate of drug-likeness (QED) is 0.408. The second kappa shape index (κ2) is 4.51. The average Bonchev–Trinajstić information content (AvgIpc) is 3.02. The monoisotopic (exact) mass is 339 g/mol. The predicted octanol–water partition coefficient (Wildman–Crippen LogP) is 3.86. The predicted molar refractivity (Wildman–Crippen MR) is 88.9 cm³/mol. The van der Waals surface area contributed by atoms with E-state index in [1.54, 1.807) is 52.0 Å². The minimum absolute atomic E-state index is 0.366. The topological polar surface area (TPSA) is 27.7 Å². The Morgan fingerprint density at radius 1 is 0.958 bits per heavy atom. The number of para-hydroxylation sites is 2. The summed E-state index contributed by atoms with van der Waals surface area (Å²) >= 11 is 0. The van der Waals surface area contributed by atoms with Gasteiger partial charge in [0.1, 0.15) is 5.75 Å². The zero-order valence-corrected chi connectivity index (χ0v) is 14.6. The summed E-state index contributed by atoms with van der Waals surface area (Å²) < 4.78 is 49.0. The molecule has 2 spiro atoms. The fourth-order valence-corrected chi connectivity index (χ4v) is 4.30. The normalized spacial score (nSPS) is 30.2. The van der Waals surface area contributed by atoms with Gasteiger partial charge in [-0.05, 0) is 33.8 Å². The Bertz CT molecular complexity index is 670. The number of hydrogen-bond donors (Lipinski definition) is 0. The third kappa shape index (κ3) is 1.73. The summed E-state index contributed by atoms with van der Waals surface area (Å²) in [6, 6.07) is 7.05. The second-order valence-corrected chi connectivity index (χ2v) is 8.19. The highest BCUT2D eigenvalue weighted by Gasteiger charge is 2.78. The van der Waals surface area contributed by atoms with Crippen molar-refractivity contribution in [2.45, 2.75) is 57.7 Å². The third-order valence-corrected chi connectivity index (χ3v) is 6.28. The zero-order chi connectivity index (χ0) is 17.4. The van der Waals surface area contributed by atoms with E-state index >= 15 is 8.78 Å². The van der Waals surface area contributed by atoms with Crippen LogP contribution in [0.1, 0.15) is 40.5 Å².